The smallest absolute Gasteiger partial charge is 0.354 e. The Bertz CT molecular complexity index is 516. The van der Waals surface area contributed by atoms with E-state index in [0.717, 1.165) is 19.3 Å². The Morgan fingerprint density at radius 2 is 1.45 bits per heavy atom. The second kappa shape index (κ2) is 6.71. The summed E-state index contributed by atoms with van der Waals surface area (Å²) in [5, 5.41) is 2.66. The van der Waals surface area contributed by atoms with Gasteiger partial charge in [-0.15, -0.1) is 0 Å². The van der Waals surface area contributed by atoms with Crippen LogP contribution in [0.15, 0.2) is 0 Å². The highest BCUT2D eigenvalue weighted by atomic mass is 31.2. The zero-order valence-corrected chi connectivity index (χ0v) is 12.5. The van der Waals surface area contributed by atoms with Crippen molar-refractivity contribution in [2.24, 2.45) is 0 Å². The Morgan fingerprint density at radius 3 is 1.85 bits per heavy atom. The quantitative estimate of drug-likeness (QED) is 0.312. The number of hydrogen-bond acceptors (Lipinski definition) is 6. The molecule has 1 rings (SSSR count). The Morgan fingerprint density at radius 1 is 0.950 bits per heavy atom. The lowest BCUT2D eigenvalue weighted by atomic mass is 10.2. The molecule has 0 aliphatic rings. The van der Waals surface area contributed by atoms with Gasteiger partial charge in [-0.05, 0) is 6.42 Å². The van der Waals surface area contributed by atoms with Gasteiger partial charge in [0, 0.05) is 6.54 Å². The summed E-state index contributed by atoms with van der Waals surface area (Å²) in [5.74, 6) is -0.271. The molecule has 0 aliphatic carbocycles. The number of anilines is 1. The summed E-state index contributed by atoms with van der Waals surface area (Å²) in [7, 11) is -9.66. The minimum absolute atomic E-state index is 0.271. The molecule has 20 heavy (non-hydrogen) atoms. The van der Waals surface area contributed by atoms with Gasteiger partial charge >= 0.3 is 15.2 Å². The first kappa shape index (κ1) is 17.2. The molecule has 1 aromatic heterocycles. The van der Waals surface area contributed by atoms with Crippen LogP contribution in [0.5, 0.6) is 0 Å². The third-order valence-electron chi connectivity index (χ3n) is 2.20. The summed E-state index contributed by atoms with van der Waals surface area (Å²) < 4.78 is 22.2. The Hall–Kier alpha value is -0.890. The average molecular weight is 326 g/mol. The van der Waals surface area contributed by atoms with Crippen molar-refractivity contribution in [2.45, 2.75) is 26.2 Å². The highest BCUT2D eigenvalue weighted by Crippen LogP contribution is 2.34. The Labute approximate surface area is 115 Å². The molecule has 0 atom stereocenters. The van der Waals surface area contributed by atoms with Crippen molar-refractivity contribution < 1.29 is 28.7 Å². The monoisotopic (exact) mass is 326 g/mol. The maximum Gasteiger partial charge on any atom is 0.393 e. The predicted molar refractivity (Wildman–Crippen MR) is 71.2 cm³/mol. The second-order valence-corrected chi connectivity index (χ2v) is 6.96. The van der Waals surface area contributed by atoms with Crippen molar-refractivity contribution in [1.82, 2.24) is 15.0 Å². The van der Waals surface area contributed by atoms with Crippen molar-refractivity contribution in [3.63, 3.8) is 0 Å². The first-order chi connectivity index (χ1) is 9.14. The molecule has 0 saturated carbocycles. The molecule has 0 aliphatic heterocycles. The molecule has 0 saturated heterocycles. The summed E-state index contributed by atoms with van der Waals surface area (Å²) in [6.45, 7) is 2.42. The molecule has 12 heteroatoms. The fraction of sp³-hybridized carbons (Fsp3) is 0.625. The molecule has 114 valence electrons. The van der Waals surface area contributed by atoms with Crippen LogP contribution in [0.1, 0.15) is 26.2 Å². The van der Waals surface area contributed by atoms with Gasteiger partial charge in [0.15, 0.2) is 0 Å². The van der Waals surface area contributed by atoms with Gasteiger partial charge in [-0.2, -0.15) is 15.0 Å². The van der Waals surface area contributed by atoms with Gasteiger partial charge in [0.25, 0.3) is 0 Å². The van der Waals surface area contributed by atoms with Crippen molar-refractivity contribution in [3.05, 3.63) is 0 Å². The topological polar surface area (TPSA) is 166 Å². The normalized spacial score (nSPS) is 12.4. The second-order valence-electron chi connectivity index (χ2n) is 3.98. The van der Waals surface area contributed by atoms with Gasteiger partial charge in [0.2, 0.25) is 17.1 Å². The van der Waals surface area contributed by atoms with E-state index in [2.05, 4.69) is 20.3 Å². The maximum absolute atomic E-state index is 11.1. The van der Waals surface area contributed by atoms with E-state index in [1.54, 1.807) is 0 Å². The minimum atomic E-state index is -4.83. The molecule has 0 aromatic carbocycles. The van der Waals surface area contributed by atoms with Crippen LogP contribution in [0.25, 0.3) is 0 Å². The van der Waals surface area contributed by atoms with Crippen molar-refractivity contribution in [1.29, 1.82) is 0 Å². The maximum atomic E-state index is 11.1. The van der Waals surface area contributed by atoms with Gasteiger partial charge in [0.05, 0.1) is 0 Å². The standard InChI is InChI=1S/C8H16N4O6P2/c1-2-3-4-5-9-6-10-7(19(13,14)15)12-8(11-6)20(16,17)18/h2-5H2,1H3,(H2,13,14,15)(H2,16,17,18)(H,9,10,11,12). The van der Waals surface area contributed by atoms with Crippen molar-refractivity contribution in [3.8, 4) is 0 Å². The van der Waals surface area contributed by atoms with Crippen LogP contribution in [0, 0.1) is 0 Å². The third kappa shape index (κ3) is 5.24. The van der Waals surface area contributed by atoms with E-state index in [1.165, 1.54) is 0 Å². The summed E-state index contributed by atoms with van der Waals surface area (Å²) in [6, 6.07) is 0. The average Bonchev–Trinajstić information content (AvgIpc) is 2.32. The molecule has 10 nitrogen and oxygen atoms in total. The zero-order valence-electron chi connectivity index (χ0n) is 10.7. The molecule has 1 heterocycles. The van der Waals surface area contributed by atoms with Crippen molar-refractivity contribution >= 4 is 32.3 Å². The zero-order chi connectivity index (χ0) is 15.4. The fourth-order valence-corrected chi connectivity index (χ4v) is 2.25. The van der Waals surface area contributed by atoms with Crippen LogP contribution >= 0.6 is 15.2 Å². The Kier molecular flexibility index (Phi) is 5.76. The fourth-order valence-electron chi connectivity index (χ4n) is 1.27. The molecule has 0 spiro atoms. The number of nitrogens with zero attached hydrogens (tertiary/aromatic N) is 3. The molecule has 5 N–H and O–H groups in total. The van der Waals surface area contributed by atoms with Gasteiger partial charge < -0.3 is 24.9 Å². The van der Waals surface area contributed by atoms with Crippen molar-refractivity contribution in [2.75, 3.05) is 11.9 Å². The van der Waals surface area contributed by atoms with Gasteiger partial charge in [-0.3, -0.25) is 9.13 Å². The summed E-state index contributed by atoms with van der Waals surface area (Å²) in [6.07, 6.45) is 2.66. The summed E-state index contributed by atoms with van der Waals surface area (Å²) in [5.41, 5.74) is -1.94. The van der Waals surface area contributed by atoms with E-state index in [0.29, 0.717) is 6.54 Å². The minimum Gasteiger partial charge on any atom is -0.354 e. The Balaban J connectivity index is 3.05. The largest absolute Gasteiger partial charge is 0.393 e. The van der Waals surface area contributed by atoms with Crippen LogP contribution < -0.4 is 16.4 Å². The summed E-state index contributed by atoms with van der Waals surface area (Å²) in [4.78, 5) is 46.0. The third-order valence-corrected chi connectivity index (χ3v) is 3.64. The van der Waals surface area contributed by atoms with E-state index in [1.807, 2.05) is 6.92 Å². The number of hydrogen-bond donors (Lipinski definition) is 5. The predicted octanol–water partition coefficient (Wildman–Crippen LogP) is -0.920. The van der Waals surface area contributed by atoms with E-state index >= 15 is 0 Å². The SMILES string of the molecule is CCCCCNc1nc(P(=O)(O)O)nc(P(=O)(O)O)n1. The molecule has 0 amide bonds. The van der Waals surface area contributed by atoms with E-state index in [4.69, 9.17) is 19.6 Å². The number of rotatable bonds is 7. The van der Waals surface area contributed by atoms with E-state index in [-0.39, 0.29) is 5.95 Å². The highest BCUT2D eigenvalue weighted by Gasteiger charge is 2.29. The van der Waals surface area contributed by atoms with E-state index < -0.39 is 26.3 Å². The number of aromatic nitrogens is 3. The highest BCUT2D eigenvalue weighted by molar-refractivity contribution is 7.61. The van der Waals surface area contributed by atoms with Gasteiger partial charge in [-0.1, -0.05) is 19.8 Å². The van der Waals surface area contributed by atoms with Crippen LogP contribution in [0.2, 0.25) is 0 Å². The first-order valence-corrected chi connectivity index (χ1v) is 8.99. The number of nitrogens with one attached hydrogen (secondary N) is 1. The van der Waals surface area contributed by atoms with Gasteiger partial charge in [-0.25, -0.2) is 0 Å². The lowest BCUT2D eigenvalue weighted by molar-refractivity contribution is 0.384. The van der Waals surface area contributed by atoms with Gasteiger partial charge in [0.1, 0.15) is 0 Å². The lowest BCUT2D eigenvalue weighted by Gasteiger charge is -2.10. The van der Waals surface area contributed by atoms with Crippen LogP contribution in [0.3, 0.4) is 0 Å². The van der Waals surface area contributed by atoms with Crippen LogP contribution in [-0.4, -0.2) is 41.1 Å². The lowest BCUT2D eigenvalue weighted by Crippen LogP contribution is -2.28. The molecule has 0 radical (unpaired) electrons. The molecule has 0 fully saturated rings. The first-order valence-electron chi connectivity index (χ1n) is 5.76. The molecule has 0 unspecified atom stereocenters. The number of unbranched alkanes of at least 4 members (excludes halogenated alkanes) is 2. The van der Waals surface area contributed by atoms with Crippen LogP contribution in [0.4, 0.5) is 5.95 Å². The summed E-state index contributed by atoms with van der Waals surface area (Å²) >= 11 is 0. The molecular formula is C8H16N4O6P2. The van der Waals surface area contributed by atoms with E-state index in [9.17, 15) is 9.13 Å². The molecule has 0 bridgehead atoms. The van der Waals surface area contributed by atoms with Crippen LogP contribution in [-0.2, 0) is 9.13 Å². The molecular weight excluding hydrogens is 310 g/mol. The molecule has 1 aromatic rings.